The first-order chi connectivity index (χ1) is 16.1. The van der Waals surface area contributed by atoms with E-state index in [2.05, 4.69) is 15.1 Å². The van der Waals surface area contributed by atoms with Crippen LogP contribution in [-0.2, 0) is 11.3 Å². The highest BCUT2D eigenvalue weighted by molar-refractivity contribution is 5.98. The van der Waals surface area contributed by atoms with Crippen molar-refractivity contribution in [1.82, 2.24) is 29.8 Å². The number of hydrogen-bond acceptors (Lipinski definition) is 6. The fourth-order valence-electron chi connectivity index (χ4n) is 3.96. The van der Waals surface area contributed by atoms with Crippen LogP contribution in [0.4, 0.5) is 0 Å². The fourth-order valence-corrected chi connectivity index (χ4v) is 3.96. The van der Waals surface area contributed by atoms with Crippen molar-refractivity contribution in [2.75, 3.05) is 20.2 Å². The van der Waals surface area contributed by atoms with Crippen LogP contribution in [0.15, 0.2) is 67.0 Å². The lowest BCUT2D eigenvalue weighted by molar-refractivity contribution is -0.141. The number of carbonyl (C=O) groups excluding carboxylic acids is 2. The van der Waals surface area contributed by atoms with Crippen LogP contribution in [0.5, 0.6) is 5.75 Å². The Hall–Kier alpha value is -4.27. The van der Waals surface area contributed by atoms with Gasteiger partial charge in [0.05, 0.1) is 18.3 Å². The van der Waals surface area contributed by atoms with Crippen molar-refractivity contribution < 1.29 is 14.3 Å². The quantitative estimate of drug-likeness (QED) is 0.472. The summed E-state index contributed by atoms with van der Waals surface area (Å²) in [5.74, 6) is 0.0171. The Morgan fingerprint density at radius 2 is 1.82 bits per heavy atom. The third-order valence-corrected chi connectivity index (χ3v) is 5.54. The maximum Gasteiger partial charge on any atom is 0.291 e. The van der Waals surface area contributed by atoms with Gasteiger partial charge in [-0.25, -0.2) is 15.0 Å². The number of fused-ring (bicyclic) bond motifs is 1. The van der Waals surface area contributed by atoms with Crippen molar-refractivity contribution in [3.8, 4) is 17.1 Å². The number of pyridine rings is 2. The molecule has 1 saturated heterocycles. The van der Waals surface area contributed by atoms with Crippen LogP contribution >= 0.6 is 0 Å². The molecule has 166 valence electrons. The molecule has 0 saturated carbocycles. The second-order valence-corrected chi connectivity index (χ2v) is 7.64. The lowest BCUT2D eigenvalue weighted by Crippen LogP contribution is -2.46. The number of rotatable bonds is 5. The SMILES string of the molecule is COc1cc(C(=O)N2CCCN2C(=O)Cn2ccc(-c3ccccn3)n2)nc2ccccc12. The minimum atomic E-state index is -0.334. The minimum absolute atomic E-state index is 0.0189. The Kier molecular flexibility index (Phi) is 5.43. The van der Waals surface area contributed by atoms with Gasteiger partial charge >= 0.3 is 0 Å². The van der Waals surface area contributed by atoms with E-state index in [9.17, 15) is 9.59 Å². The number of nitrogens with zero attached hydrogens (tertiary/aromatic N) is 6. The molecule has 0 N–H and O–H groups in total. The summed E-state index contributed by atoms with van der Waals surface area (Å²) in [5.41, 5.74) is 2.32. The number of hydrazine groups is 1. The number of aromatic nitrogens is 4. The van der Waals surface area contributed by atoms with E-state index in [1.54, 1.807) is 30.3 Å². The molecule has 0 aliphatic carbocycles. The molecule has 2 amide bonds. The lowest BCUT2D eigenvalue weighted by Gasteiger charge is -2.27. The van der Waals surface area contributed by atoms with E-state index < -0.39 is 0 Å². The molecule has 3 aromatic heterocycles. The molecule has 0 bridgehead atoms. The third kappa shape index (κ3) is 4.00. The van der Waals surface area contributed by atoms with E-state index in [1.807, 2.05) is 48.5 Å². The molecule has 0 unspecified atom stereocenters. The molecule has 1 aromatic carbocycles. The number of methoxy groups -OCH3 is 1. The Morgan fingerprint density at radius 3 is 2.64 bits per heavy atom. The molecule has 1 fully saturated rings. The van der Waals surface area contributed by atoms with Crippen molar-refractivity contribution in [2.45, 2.75) is 13.0 Å². The van der Waals surface area contributed by atoms with Gasteiger partial charge < -0.3 is 4.74 Å². The van der Waals surface area contributed by atoms with Gasteiger partial charge in [0.25, 0.3) is 11.8 Å². The van der Waals surface area contributed by atoms with Crippen LogP contribution in [0.25, 0.3) is 22.3 Å². The zero-order valence-electron chi connectivity index (χ0n) is 18.1. The molecule has 5 rings (SSSR count). The number of ether oxygens (including phenoxy) is 1. The van der Waals surface area contributed by atoms with Crippen molar-refractivity contribution in [2.24, 2.45) is 0 Å². The van der Waals surface area contributed by atoms with Crippen LogP contribution in [0.3, 0.4) is 0 Å². The van der Waals surface area contributed by atoms with E-state index >= 15 is 0 Å². The zero-order chi connectivity index (χ0) is 22.8. The highest BCUT2D eigenvalue weighted by Gasteiger charge is 2.32. The first kappa shape index (κ1) is 20.6. The summed E-state index contributed by atoms with van der Waals surface area (Å²) < 4.78 is 7.03. The third-order valence-electron chi connectivity index (χ3n) is 5.54. The average molecular weight is 442 g/mol. The topological polar surface area (TPSA) is 93.5 Å². The number of amides is 2. The molecular formula is C24H22N6O3. The molecule has 33 heavy (non-hydrogen) atoms. The van der Waals surface area contributed by atoms with Gasteiger partial charge in [0.1, 0.15) is 23.7 Å². The van der Waals surface area contributed by atoms with Crippen molar-refractivity contribution in [3.05, 3.63) is 72.7 Å². The van der Waals surface area contributed by atoms with Gasteiger partial charge in [-0.15, -0.1) is 0 Å². The summed E-state index contributed by atoms with van der Waals surface area (Å²) in [4.78, 5) is 35.1. The van der Waals surface area contributed by atoms with Crippen LogP contribution in [0, 0.1) is 0 Å². The normalized spacial score (nSPS) is 13.5. The number of carbonyl (C=O) groups is 2. The van der Waals surface area contributed by atoms with E-state index in [0.29, 0.717) is 36.5 Å². The number of benzene rings is 1. The maximum atomic E-state index is 13.3. The van der Waals surface area contributed by atoms with Crippen molar-refractivity contribution >= 4 is 22.7 Å². The second-order valence-electron chi connectivity index (χ2n) is 7.64. The van der Waals surface area contributed by atoms with Gasteiger partial charge in [0, 0.05) is 36.9 Å². The summed E-state index contributed by atoms with van der Waals surface area (Å²) >= 11 is 0. The van der Waals surface area contributed by atoms with E-state index in [0.717, 1.165) is 11.1 Å². The lowest BCUT2D eigenvalue weighted by atomic mass is 10.1. The Balaban J connectivity index is 1.35. The summed E-state index contributed by atoms with van der Waals surface area (Å²) in [6.07, 6.45) is 4.13. The van der Waals surface area contributed by atoms with Gasteiger partial charge in [-0.2, -0.15) is 5.10 Å². The maximum absolute atomic E-state index is 13.3. The number of para-hydroxylation sites is 1. The van der Waals surface area contributed by atoms with Crippen molar-refractivity contribution in [3.63, 3.8) is 0 Å². The van der Waals surface area contributed by atoms with Crippen LogP contribution in [-0.4, -0.2) is 61.8 Å². The summed E-state index contributed by atoms with van der Waals surface area (Å²) in [5, 5.41) is 8.22. The van der Waals surface area contributed by atoms with Gasteiger partial charge in [-0.1, -0.05) is 18.2 Å². The monoisotopic (exact) mass is 442 g/mol. The van der Waals surface area contributed by atoms with Gasteiger partial charge in [-0.05, 0) is 36.8 Å². The molecule has 4 heterocycles. The molecule has 0 spiro atoms. The Bertz CT molecular complexity index is 1320. The highest BCUT2D eigenvalue weighted by atomic mass is 16.5. The molecule has 9 heteroatoms. The molecule has 4 aromatic rings. The minimum Gasteiger partial charge on any atom is -0.496 e. The summed E-state index contributed by atoms with van der Waals surface area (Å²) in [6, 6.07) is 16.5. The van der Waals surface area contributed by atoms with E-state index in [4.69, 9.17) is 4.74 Å². The van der Waals surface area contributed by atoms with Crippen LogP contribution in [0.2, 0.25) is 0 Å². The predicted molar refractivity (Wildman–Crippen MR) is 121 cm³/mol. The second kappa shape index (κ2) is 8.70. The van der Waals surface area contributed by atoms with Crippen LogP contribution in [0.1, 0.15) is 16.9 Å². The first-order valence-electron chi connectivity index (χ1n) is 10.6. The average Bonchev–Trinajstić information content (AvgIpc) is 3.53. The molecule has 0 radical (unpaired) electrons. The molecule has 0 atom stereocenters. The molecule has 1 aliphatic heterocycles. The summed E-state index contributed by atoms with van der Waals surface area (Å²) in [6.45, 7) is 0.925. The highest BCUT2D eigenvalue weighted by Crippen LogP contribution is 2.26. The molecule has 9 nitrogen and oxygen atoms in total. The Morgan fingerprint density at radius 1 is 1.00 bits per heavy atom. The van der Waals surface area contributed by atoms with E-state index in [1.165, 1.54) is 10.0 Å². The van der Waals surface area contributed by atoms with Crippen LogP contribution < -0.4 is 4.74 Å². The van der Waals surface area contributed by atoms with Gasteiger partial charge in [0.2, 0.25) is 0 Å². The van der Waals surface area contributed by atoms with Crippen molar-refractivity contribution in [1.29, 1.82) is 0 Å². The van der Waals surface area contributed by atoms with E-state index in [-0.39, 0.29) is 24.1 Å². The van der Waals surface area contributed by atoms with Gasteiger partial charge in [0.15, 0.2) is 0 Å². The fraction of sp³-hybridized carbons (Fsp3) is 0.208. The molecular weight excluding hydrogens is 420 g/mol. The smallest absolute Gasteiger partial charge is 0.291 e. The summed E-state index contributed by atoms with van der Waals surface area (Å²) in [7, 11) is 1.56. The van der Waals surface area contributed by atoms with Gasteiger partial charge in [-0.3, -0.25) is 19.3 Å². The standard InChI is InChI=1S/C24H22N6O3/c1-33-22-15-21(26-18-8-3-2-7-17(18)22)24(32)30-13-6-12-29(30)23(31)16-28-14-10-20(27-28)19-9-4-5-11-25-19/h2-5,7-11,14-15H,6,12-13,16H2,1H3. The largest absolute Gasteiger partial charge is 0.496 e. The number of hydrogen-bond donors (Lipinski definition) is 0. The molecule has 1 aliphatic rings. The predicted octanol–water partition coefficient (Wildman–Crippen LogP) is 2.79. The zero-order valence-corrected chi connectivity index (χ0v) is 18.1. The first-order valence-corrected chi connectivity index (χ1v) is 10.6. The Labute approximate surface area is 190 Å².